The number of urea groups is 1. The number of nitrogens with zero attached hydrogens (tertiary/aromatic N) is 2. The maximum absolute atomic E-state index is 13.6. The Balaban J connectivity index is 1.83. The van der Waals surface area contributed by atoms with Crippen molar-refractivity contribution in [3.05, 3.63) is 114 Å². The molecule has 31 heavy (non-hydrogen) atoms. The van der Waals surface area contributed by atoms with Crippen molar-refractivity contribution in [3.63, 3.8) is 0 Å². The molecule has 0 aliphatic carbocycles. The molecule has 3 aromatic rings. The molecular formula is C25H24N2O3S. The largest absolute Gasteiger partial charge is 0.335 e. The first kappa shape index (κ1) is 20.9. The average Bonchev–Trinajstić information content (AvgIpc) is 3.07. The van der Waals surface area contributed by atoms with E-state index < -0.39 is 28.1 Å². The first-order valence-electron chi connectivity index (χ1n) is 10.1. The fourth-order valence-corrected chi connectivity index (χ4v) is 5.51. The molecule has 1 saturated heterocycles. The molecule has 0 N–H and O–H groups in total. The monoisotopic (exact) mass is 432 g/mol. The Morgan fingerprint density at radius 3 is 2.06 bits per heavy atom. The molecule has 0 spiro atoms. The van der Waals surface area contributed by atoms with Gasteiger partial charge in [-0.25, -0.2) is 17.5 Å². The van der Waals surface area contributed by atoms with Crippen LogP contribution < -0.4 is 0 Å². The van der Waals surface area contributed by atoms with Crippen LogP contribution in [0, 0.1) is 6.92 Å². The van der Waals surface area contributed by atoms with Crippen molar-refractivity contribution in [1.82, 2.24) is 9.21 Å². The van der Waals surface area contributed by atoms with E-state index in [9.17, 15) is 13.2 Å². The topological polar surface area (TPSA) is 57.7 Å². The molecule has 1 aliphatic rings. The second-order valence-corrected chi connectivity index (χ2v) is 9.41. The molecule has 1 aliphatic heterocycles. The summed E-state index contributed by atoms with van der Waals surface area (Å²) < 4.78 is 28.3. The Bertz CT molecular complexity index is 1180. The maximum Gasteiger partial charge on any atom is 0.335 e. The summed E-state index contributed by atoms with van der Waals surface area (Å²) in [4.78, 5) is 15.2. The third-order valence-electron chi connectivity index (χ3n) is 5.53. The molecule has 3 aromatic carbocycles. The van der Waals surface area contributed by atoms with Gasteiger partial charge in [0.15, 0.2) is 0 Å². The standard InChI is InChI=1S/C25H24N2O3S/c1-3-23-24(21-12-8-5-9-13-21)27(31(29,30)22-16-14-19(2)15-17-22)25(28)26(23)18-20-10-6-4-7-11-20/h3-17,23-24H,1,18H2,2H3/t23-,24-/m0/s1. The minimum Gasteiger partial charge on any atom is -0.311 e. The van der Waals surface area contributed by atoms with E-state index in [1.165, 1.54) is 0 Å². The highest BCUT2D eigenvalue weighted by molar-refractivity contribution is 7.89. The quantitative estimate of drug-likeness (QED) is 0.520. The van der Waals surface area contributed by atoms with Gasteiger partial charge in [0, 0.05) is 6.54 Å². The Hall–Kier alpha value is -3.38. The zero-order valence-corrected chi connectivity index (χ0v) is 18.1. The second kappa shape index (κ2) is 8.40. The minimum absolute atomic E-state index is 0.0942. The van der Waals surface area contributed by atoms with Crippen molar-refractivity contribution in [3.8, 4) is 0 Å². The van der Waals surface area contributed by atoms with E-state index in [4.69, 9.17) is 0 Å². The number of aryl methyl sites for hydroxylation is 1. The van der Waals surface area contributed by atoms with E-state index in [1.807, 2.05) is 67.6 Å². The van der Waals surface area contributed by atoms with Crippen molar-refractivity contribution in [1.29, 1.82) is 0 Å². The number of sulfonamides is 1. The molecule has 2 amide bonds. The predicted molar refractivity (Wildman–Crippen MR) is 121 cm³/mol. The van der Waals surface area contributed by atoms with Gasteiger partial charge in [-0.05, 0) is 30.2 Å². The molecule has 1 fully saturated rings. The average molecular weight is 433 g/mol. The number of carbonyl (C=O) groups is 1. The fraction of sp³-hybridized carbons (Fsp3) is 0.160. The molecule has 1 heterocycles. The smallest absolute Gasteiger partial charge is 0.311 e. The van der Waals surface area contributed by atoms with Gasteiger partial charge < -0.3 is 4.90 Å². The molecule has 0 bridgehead atoms. The summed E-state index contributed by atoms with van der Waals surface area (Å²) in [7, 11) is -4.08. The summed E-state index contributed by atoms with van der Waals surface area (Å²) in [5.41, 5.74) is 2.61. The summed E-state index contributed by atoms with van der Waals surface area (Å²) in [6.45, 7) is 6.11. The van der Waals surface area contributed by atoms with Gasteiger partial charge in [0.2, 0.25) is 0 Å². The van der Waals surface area contributed by atoms with Gasteiger partial charge in [-0.3, -0.25) is 0 Å². The maximum atomic E-state index is 13.6. The van der Waals surface area contributed by atoms with Gasteiger partial charge >= 0.3 is 6.03 Å². The fourth-order valence-electron chi connectivity index (χ4n) is 3.95. The van der Waals surface area contributed by atoms with E-state index in [1.54, 1.807) is 35.2 Å². The van der Waals surface area contributed by atoms with Crippen molar-refractivity contribution < 1.29 is 13.2 Å². The number of hydrogen-bond acceptors (Lipinski definition) is 3. The van der Waals surface area contributed by atoms with Crippen LogP contribution in [0.15, 0.2) is 102 Å². The van der Waals surface area contributed by atoms with Gasteiger partial charge in [-0.1, -0.05) is 84.4 Å². The highest BCUT2D eigenvalue weighted by atomic mass is 32.2. The highest BCUT2D eigenvalue weighted by Gasteiger charge is 2.51. The number of benzene rings is 3. The lowest BCUT2D eigenvalue weighted by Gasteiger charge is -2.26. The first-order chi connectivity index (χ1) is 14.9. The van der Waals surface area contributed by atoms with E-state index in [-0.39, 0.29) is 4.90 Å². The molecule has 0 radical (unpaired) electrons. The molecule has 2 atom stereocenters. The van der Waals surface area contributed by atoms with Crippen molar-refractivity contribution >= 4 is 16.1 Å². The molecule has 0 aromatic heterocycles. The van der Waals surface area contributed by atoms with Gasteiger partial charge in [0.1, 0.15) is 0 Å². The van der Waals surface area contributed by atoms with Crippen molar-refractivity contribution in [2.75, 3.05) is 0 Å². The number of carbonyl (C=O) groups excluding carboxylic acids is 1. The van der Waals surface area contributed by atoms with Crippen LogP contribution in [-0.4, -0.2) is 29.7 Å². The summed E-state index contributed by atoms with van der Waals surface area (Å²) in [5.74, 6) is 0. The summed E-state index contributed by atoms with van der Waals surface area (Å²) in [6, 6.07) is 23.6. The molecule has 0 saturated carbocycles. The van der Waals surface area contributed by atoms with Crippen LogP contribution in [0.3, 0.4) is 0 Å². The zero-order chi connectivity index (χ0) is 22.0. The highest BCUT2D eigenvalue weighted by Crippen LogP contribution is 2.40. The number of hydrogen-bond donors (Lipinski definition) is 0. The zero-order valence-electron chi connectivity index (χ0n) is 17.3. The summed E-state index contributed by atoms with van der Waals surface area (Å²) in [6.07, 6.45) is 1.66. The second-order valence-electron chi connectivity index (χ2n) is 7.59. The van der Waals surface area contributed by atoms with Crippen LogP contribution in [0.5, 0.6) is 0 Å². The normalized spacial score (nSPS) is 18.9. The lowest BCUT2D eigenvalue weighted by atomic mass is 10.00. The van der Waals surface area contributed by atoms with Crippen LogP contribution in [0.1, 0.15) is 22.7 Å². The number of rotatable bonds is 6. The van der Waals surface area contributed by atoms with Crippen LogP contribution >= 0.6 is 0 Å². The van der Waals surface area contributed by atoms with Gasteiger partial charge in [0.25, 0.3) is 10.0 Å². The lowest BCUT2D eigenvalue weighted by molar-refractivity contribution is 0.199. The summed E-state index contributed by atoms with van der Waals surface area (Å²) in [5, 5.41) is 0. The Morgan fingerprint density at radius 2 is 1.48 bits per heavy atom. The Kier molecular flexibility index (Phi) is 5.65. The third-order valence-corrected chi connectivity index (χ3v) is 7.30. The van der Waals surface area contributed by atoms with E-state index in [2.05, 4.69) is 6.58 Å². The number of amides is 2. The SMILES string of the molecule is C=C[C@H]1[C@H](c2ccccc2)N(S(=O)(=O)c2ccc(C)cc2)C(=O)N1Cc1ccccc1. The van der Waals surface area contributed by atoms with Gasteiger partial charge in [-0.2, -0.15) is 0 Å². The Labute approximate surface area is 183 Å². The van der Waals surface area contributed by atoms with E-state index >= 15 is 0 Å². The van der Waals surface area contributed by atoms with Crippen LogP contribution in [0.4, 0.5) is 4.79 Å². The van der Waals surface area contributed by atoms with E-state index in [0.717, 1.165) is 21.0 Å². The van der Waals surface area contributed by atoms with Crippen LogP contribution in [0.25, 0.3) is 0 Å². The molecule has 5 nitrogen and oxygen atoms in total. The van der Waals surface area contributed by atoms with Crippen molar-refractivity contribution in [2.45, 2.75) is 30.4 Å². The first-order valence-corrected chi connectivity index (χ1v) is 11.5. The molecule has 158 valence electrons. The Morgan fingerprint density at radius 1 is 0.903 bits per heavy atom. The molecular weight excluding hydrogens is 408 g/mol. The van der Waals surface area contributed by atoms with Crippen LogP contribution in [0.2, 0.25) is 0 Å². The lowest BCUT2D eigenvalue weighted by Crippen LogP contribution is -2.37. The summed E-state index contributed by atoms with van der Waals surface area (Å²) >= 11 is 0. The third kappa shape index (κ3) is 3.86. The van der Waals surface area contributed by atoms with Crippen molar-refractivity contribution in [2.24, 2.45) is 0 Å². The van der Waals surface area contributed by atoms with Gasteiger partial charge in [-0.15, -0.1) is 6.58 Å². The van der Waals surface area contributed by atoms with Crippen LogP contribution in [-0.2, 0) is 16.6 Å². The molecule has 0 unspecified atom stereocenters. The van der Waals surface area contributed by atoms with E-state index in [0.29, 0.717) is 6.54 Å². The molecule has 4 rings (SSSR count). The minimum atomic E-state index is -4.08. The van der Waals surface area contributed by atoms with Gasteiger partial charge in [0.05, 0.1) is 17.0 Å². The predicted octanol–water partition coefficient (Wildman–Crippen LogP) is 4.92. The molecule has 6 heteroatoms.